The molecule has 2 heterocycles. The largest absolute Gasteiger partial charge is 0.367 e. The third-order valence-corrected chi connectivity index (χ3v) is 4.64. The van der Waals surface area contributed by atoms with Gasteiger partial charge in [-0.3, -0.25) is 0 Å². The van der Waals surface area contributed by atoms with Crippen molar-refractivity contribution in [2.45, 2.75) is 52.9 Å². The molecule has 1 saturated heterocycles. The van der Waals surface area contributed by atoms with E-state index in [1.807, 2.05) is 0 Å². The van der Waals surface area contributed by atoms with Crippen molar-refractivity contribution in [1.82, 2.24) is 15.1 Å². The fraction of sp³-hybridized carbons (Fsp3) is 0.722. The van der Waals surface area contributed by atoms with Crippen molar-refractivity contribution in [3.8, 4) is 6.07 Å². The Labute approximate surface area is 140 Å². The predicted molar refractivity (Wildman–Crippen MR) is 93.4 cm³/mol. The first kappa shape index (κ1) is 17.7. The maximum absolute atomic E-state index is 9.47. The molecule has 126 valence electrons. The van der Waals surface area contributed by atoms with Crippen molar-refractivity contribution in [2.75, 3.05) is 31.5 Å². The second-order valence-corrected chi connectivity index (χ2v) is 6.50. The van der Waals surface area contributed by atoms with E-state index in [0.29, 0.717) is 11.4 Å². The van der Waals surface area contributed by atoms with Gasteiger partial charge >= 0.3 is 0 Å². The van der Waals surface area contributed by atoms with Gasteiger partial charge in [-0.05, 0) is 56.7 Å². The number of rotatable bonds is 7. The summed E-state index contributed by atoms with van der Waals surface area (Å²) in [4.78, 5) is 2.55. The van der Waals surface area contributed by atoms with Crippen molar-refractivity contribution in [3.63, 3.8) is 0 Å². The van der Waals surface area contributed by atoms with Crippen LogP contribution in [-0.4, -0.2) is 41.3 Å². The van der Waals surface area contributed by atoms with Crippen LogP contribution in [0.1, 0.15) is 56.9 Å². The molecule has 1 N–H and O–H groups in total. The quantitative estimate of drug-likeness (QED) is 0.784. The highest BCUT2D eigenvalue weighted by Crippen LogP contribution is 2.20. The van der Waals surface area contributed by atoms with Gasteiger partial charge in [-0.1, -0.05) is 20.8 Å². The molecule has 0 amide bonds. The van der Waals surface area contributed by atoms with Gasteiger partial charge in [0.1, 0.15) is 11.6 Å². The average Bonchev–Trinajstić information content (AvgIpc) is 2.57. The van der Waals surface area contributed by atoms with Gasteiger partial charge in [0, 0.05) is 13.1 Å². The molecule has 0 aliphatic carbocycles. The Hall–Kier alpha value is -1.67. The van der Waals surface area contributed by atoms with Gasteiger partial charge in [-0.25, -0.2) is 0 Å². The third-order valence-electron chi connectivity index (χ3n) is 4.64. The lowest BCUT2D eigenvalue weighted by atomic mass is 10.0. The van der Waals surface area contributed by atoms with E-state index < -0.39 is 0 Å². The Morgan fingerprint density at radius 2 is 2.13 bits per heavy atom. The smallest absolute Gasteiger partial charge is 0.166 e. The van der Waals surface area contributed by atoms with Crippen molar-refractivity contribution < 1.29 is 0 Å². The number of piperidine rings is 1. The number of nitriles is 1. The zero-order valence-corrected chi connectivity index (χ0v) is 14.7. The molecule has 0 bridgehead atoms. The normalized spacial score (nSPS) is 18.6. The fourth-order valence-corrected chi connectivity index (χ4v) is 3.42. The summed E-state index contributed by atoms with van der Waals surface area (Å²) in [5, 5.41) is 21.3. The summed E-state index contributed by atoms with van der Waals surface area (Å²) in [7, 11) is 0. The summed E-state index contributed by atoms with van der Waals surface area (Å²) in [6, 6.07) is 2.31. The third kappa shape index (κ3) is 4.65. The van der Waals surface area contributed by atoms with Gasteiger partial charge in [0.15, 0.2) is 5.82 Å². The summed E-state index contributed by atoms with van der Waals surface area (Å²) >= 11 is 0. The molecule has 0 aromatic carbocycles. The number of hydrogen-bond acceptors (Lipinski definition) is 5. The van der Waals surface area contributed by atoms with E-state index in [9.17, 15) is 5.26 Å². The van der Waals surface area contributed by atoms with Crippen LogP contribution in [0.4, 0.5) is 5.82 Å². The van der Waals surface area contributed by atoms with Crippen molar-refractivity contribution in [2.24, 2.45) is 5.92 Å². The number of aryl methyl sites for hydroxylation is 1. The Morgan fingerprint density at radius 1 is 1.30 bits per heavy atom. The highest BCUT2D eigenvalue weighted by Gasteiger charge is 2.16. The van der Waals surface area contributed by atoms with E-state index >= 15 is 0 Å². The molecule has 5 heteroatoms. The Balaban J connectivity index is 1.89. The number of hydrogen-bond donors (Lipinski definition) is 1. The maximum Gasteiger partial charge on any atom is 0.166 e. The fourth-order valence-electron chi connectivity index (χ4n) is 3.42. The molecule has 1 unspecified atom stereocenters. The lowest BCUT2D eigenvalue weighted by Crippen LogP contribution is -2.35. The van der Waals surface area contributed by atoms with Crippen molar-refractivity contribution in [1.29, 1.82) is 5.26 Å². The van der Waals surface area contributed by atoms with Gasteiger partial charge in [0.05, 0.1) is 5.69 Å². The van der Waals surface area contributed by atoms with Crippen molar-refractivity contribution in [3.05, 3.63) is 16.8 Å². The van der Waals surface area contributed by atoms with Crippen LogP contribution in [-0.2, 0) is 12.8 Å². The standard InChI is InChI=1S/C18H29N5/c1-4-15-16(12-19)18(22-21-17(15)5-2)20-9-7-11-23-10-6-8-14(3)13-23/h14H,4-11,13H2,1-3H3,(H,20,22). The Morgan fingerprint density at radius 3 is 2.78 bits per heavy atom. The SMILES string of the molecule is CCc1nnc(NCCCN2CCCC(C)C2)c(C#N)c1CC. The minimum atomic E-state index is 0.647. The molecule has 0 spiro atoms. The predicted octanol–water partition coefficient (Wildman–Crippen LogP) is 3.01. The number of nitrogens with zero attached hydrogens (tertiary/aromatic N) is 4. The molecular weight excluding hydrogens is 286 g/mol. The van der Waals surface area contributed by atoms with Gasteiger partial charge in [-0.15, -0.1) is 5.10 Å². The van der Waals surface area contributed by atoms with Gasteiger partial charge in [0.25, 0.3) is 0 Å². The molecule has 5 nitrogen and oxygen atoms in total. The Bertz CT molecular complexity index is 549. The van der Waals surface area contributed by atoms with Crippen LogP contribution in [0.15, 0.2) is 0 Å². The summed E-state index contributed by atoms with van der Waals surface area (Å²) in [5.74, 6) is 1.47. The van der Waals surface area contributed by atoms with Crippen LogP contribution in [0.3, 0.4) is 0 Å². The van der Waals surface area contributed by atoms with Gasteiger partial charge in [0.2, 0.25) is 0 Å². The second kappa shape index (κ2) is 8.83. The number of likely N-dealkylation sites (tertiary alicyclic amines) is 1. The highest BCUT2D eigenvalue weighted by atomic mass is 15.2. The van der Waals surface area contributed by atoms with E-state index in [0.717, 1.165) is 49.5 Å². The molecular formula is C18H29N5. The van der Waals surface area contributed by atoms with Crippen LogP contribution in [0.2, 0.25) is 0 Å². The van der Waals surface area contributed by atoms with E-state index in [2.05, 4.69) is 47.3 Å². The topological polar surface area (TPSA) is 64.8 Å². The zero-order valence-electron chi connectivity index (χ0n) is 14.7. The first-order valence-corrected chi connectivity index (χ1v) is 8.94. The molecule has 1 aliphatic rings. The summed E-state index contributed by atoms with van der Waals surface area (Å²) in [5.41, 5.74) is 2.65. The minimum absolute atomic E-state index is 0.647. The first-order chi connectivity index (χ1) is 11.2. The summed E-state index contributed by atoms with van der Waals surface area (Å²) < 4.78 is 0. The molecule has 1 aliphatic heterocycles. The van der Waals surface area contributed by atoms with Crippen LogP contribution >= 0.6 is 0 Å². The van der Waals surface area contributed by atoms with Crippen LogP contribution in [0.25, 0.3) is 0 Å². The van der Waals surface area contributed by atoms with Crippen LogP contribution in [0.5, 0.6) is 0 Å². The zero-order chi connectivity index (χ0) is 16.7. The average molecular weight is 315 g/mol. The van der Waals surface area contributed by atoms with E-state index in [1.54, 1.807) is 0 Å². The summed E-state index contributed by atoms with van der Waals surface area (Å²) in [6.07, 6.45) is 5.38. The Kier molecular flexibility index (Phi) is 6.79. The molecule has 1 aromatic rings. The van der Waals surface area contributed by atoms with Crippen LogP contribution in [0, 0.1) is 17.2 Å². The number of nitrogens with one attached hydrogen (secondary N) is 1. The van der Waals surface area contributed by atoms with E-state index in [-0.39, 0.29) is 0 Å². The monoisotopic (exact) mass is 315 g/mol. The van der Waals surface area contributed by atoms with Crippen molar-refractivity contribution >= 4 is 5.82 Å². The molecule has 1 aromatic heterocycles. The number of anilines is 1. The van der Waals surface area contributed by atoms with Gasteiger partial charge < -0.3 is 10.2 Å². The first-order valence-electron chi connectivity index (χ1n) is 8.94. The highest BCUT2D eigenvalue weighted by molar-refractivity contribution is 5.56. The molecule has 2 rings (SSSR count). The van der Waals surface area contributed by atoms with E-state index in [4.69, 9.17) is 0 Å². The lowest BCUT2D eigenvalue weighted by molar-refractivity contribution is 0.183. The molecule has 1 fully saturated rings. The lowest BCUT2D eigenvalue weighted by Gasteiger charge is -2.30. The van der Waals surface area contributed by atoms with Crippen LogP contribution < -0.4 is 5.32 Å². The maximum atomic E-state index is 9.47. The summed E-state index contributed by atoms with van der Waals surface area (Å²) in [6.45, 7) is 10.8. The number of aromatic nitrogens is 2. The second-order valence-electron chi connectivity index (χ2n) is 6.50. The molecule has 0 saturated carbocycles. The minimum Gasteiger partial charge on any atom is -0.367 e. The van der Waals surface area contributed by atoms with E-state index in [1.165, 1.54) is 25.9 Å². The molecule has 1 atom stereocenters. The molecule has 0 radical (unpaired) electrons. The van der Waals surface area contributed by atoms with Gasteiger partial charge in [-0.2, -0.15) is 10.4 Å². The molecule has 23 heavy (non-hydrogen) atoms.